The number of hydrogen-bond donors (Lipinski definition) is 1. The summed E-state index contributed by atoms with van der Waals surface area (Å²) < 4.78 is 16.0. The quantitative estimate of drug-likeness (QED) is 0.758. The van der Waals surface area contributed by atoms with Crippen molar-refractivity contribution in [2.45, 2.75) is 32.4 Å². The summed E-state index contributed by atoms with van der Waals surface area (Å²) in [5.41, 5.74) is -0.745. The largest absolute Gasteiger partial charge is 0.379 e. The van der Waals surface area contributed by atoms with Crippen molar-refractivity contribution >= 4 is 39.1 Å². The van der Waals surface area contributed by atoms with Crippen molar-refractivity contribution in [1.82, 2.24) is 9.78 Å². The van der Waals surface area contributed by atoms with Gasteiger partial charge < -0.3 is 5.11 Å². The van der Waals surface area contributed by atoms with Crippen LogP contribution in [-0.2, 0) is 12.1 Å². The van der Waals surface area contributed by atoms with E-state index in [2.05, 4.69) is 21.0 Å². The zero-order valence-electron chi connectivity index (χ0n) is 11.5. The molecule has 3 nitrogen and oxygen atoms in total. The van der Waals surface area contributed by atoms with Gasteiger partial charge in [-0.3, -0.25) is 4.68 Å². The molecule has 1 aromatic heterocycles. The Labute approximate surface area is 140 Å². The van der Waals surface area contributed by atoms with Crippen LogP contribution >= 0.6 is 39.1 Å². The van der Waals surface area contributed by atoms with Gasteiger partial charge >= 0.3 is 0 Å². The topological polar surface area (TPSA) is 38.0 Å². The van der Waals surface area contributed by atoms with Crippen molar-refractivity contribution < 1.29 is 9.50 Å². The van der Waals surface area contributed by atoms with Gasteiger partial charge in [0.2, 0.25) is 0 Å². The molecule has 1 aromatic carbocycles. The van der Waals surface area contributed by atoms with E-state index in [4.69, 9.17) is 23.2 Å². The van der Waals surface area contributed by atoms with Crippen LogP contribution in [-0.4, -0.2) is 14.9 Å². The predicted molar refractivity (Wildman–Crippen MR) is 85.3 cm³/mol. The Morgan fingerprint density at radius 2 is 2.05 bits per heavy atom. The molecule has 1 atom stereocenters. The Bertz CT molecular complexity index is 673. The highest BCUT2D eigenvalue weighted by Crippen LogP contribution is 2.39. The van der Waals surface area contributed by atoms with Crippen LogP contribution < -0.4 is 0 Å². The van der Waals surface area contributed by atoms with Gasteiger partial charge in [0.1, 0.15) is 11.4 Å². The summed E-state index contributed by atoms with van der Waals surface area (Å²) in [6.07, 6.45) is 2.44. The summed E-state index contributed by atoms with van der Waals surface area (Å²) in [7, 11) is 0. The maximum atomic E-state index is 13.7. The second kappa shape index (κ2) is 6.24. The van der Waals surface area contributed by atoms with Crippen molar-refractivity contribution in [3.8, 4) is 0 Å². The molecule has 1 heterocycles. The van der Waals surface area contributed by atoms with E-state index in [1.54, 1.807) is 17.8 Å². The molecule has 1 unspecified atom stereocenters. The molecule has 0 spiro atoms. The molecule has 0 aliphatic heterocycles. The van der Waals surface area contributed by atoms with E-state index < -0.39 is 11.4 Å². The highest BCUT2D eigenvalue weighted by atomic mass is 79.9. The molecule has 0 fully saturated rings. The molecular formula is C14H14BrCl2FN2O. The lowest BCUT2D eigenvalue weighted by Gasteiger charge is -2.27. The second-order valence-electron chi connectivity index (χ2n) is 4.88. The highest BCUT2D eigenvalue weighted by Gasteiger charge is 2.34. The normalized spacial score (nSPS) is 14.2. The van der Waals surface area contributed by atoms with Gasteiger partial charge in [0.05, 0.1) is 21.4 Å². The smallest absolute Gasteiger partial charge is 0.142 e. The highest BCUT2D eigenvalue weighted by molar-refractivity contribution is 9.10. The fourth-order valence-corrected chi connectivity index (χ4v) is 3.50. The number of benzene rings is 1. The summed E-state index contributed by atoms with van der Waals surface area (Å²) in [5.74, 6) is -0.631. The predicted octanol–water partition coefficient (Wildman–Crippen LogP) is 4.76. The Kier molecular flexibility index (Phi) is 4.98. The van der Waals surface area contributed by atoms with Gasteiger partial charge in [-0.15, -0.1) is 0 Å². The first kappa shape index (κ1) is 16.7. The molecule has 0 bridgehead atoms. The molecule has 1 N–H and O–H groups in total. The molecule has 0 saturated heterocycles. The number of rotatable bonds is 4. The van der Waals surface area contributed by atoms with Gasteiger partial charge in [-0.2, -0.15) is 5.10 Å². The first-order chi connectivity index (χ1) is 9.78. The second-order valence-corrected chi connectivity index (χ2v) is 6.55. The van der Waals surface area contributed by atoms with Crippen molar-refractivity contribution in [1.29, 1.82) is 0 Å². The fourth-order valence-electron chi connectivity index (χ4n) is 2.25. The zero-order valence-corrected chi connectivity index (χ0v) is 14.6. The molecule has 21 heavy (non-hydrogen) atoms. The summed E-state index contributed by atoms with van der Waals surface area (Å²) in [4.78, 5) is 0. The summed E-state index contributed by atoms with van der Waals surface area (Å²) in [6, 6.07) is 2.44. The maximum Gasteiger partial charge on any atom is 0.142 e. The molecule has 0 aliphatic rings. The summed E-state index contributed by atoms with van der Waals surface area (Å²) >= 11 is 15.2. The van der Waals surface area contributed by atoms with Gasteiger partial charge in [0.25, 0.3) is 0 Å². The van der Waals surface area contributed by atoms with Crippen LogP contribution in [0.4, 0.5) is 4.39 Å². The number of aromatic nitrogens is 2. The van der Waals surface area contributed by atoms with Crippen LogP contribution in [0.25, 0.3) is 0 Å². The first-order valence-electron chi connectivity index (χ1n) is 6.38. The van der Waals surface area contributed by atoms with Crippen molar-refractivity contribution in [2.24, 2.45) is 0 Å². The van der Waals surface area contributed by atoms with E-state index in [1.165, 1.54) is 6.07 Å². The number of halogens is 4. The lowest BCUT2D eigenvalue weighted by molar-refractivity contribution is 0.0903. The zero-order chi connectivity index (χ0) is 15.8. The summed E-state index contributed by atoms with van der Waals surface area (Å²) in [6.45, 7) is 4.18. The molecule has 0 saturated carbocycles. The molecule has 0 amide bonds. The molecule has 114 valence electrons. The fraction of sp³-hybridized carbons (Fsp3) is 0.357. The average molecular weight is 396 g/mol. The van der Waals surface area contributed by atoms with Gasteiger partial charge in [-0.25, -0.2) is 4.39 Å². The number of aryl methyl sites for hydroxylation is 1. The number of nitrogens with zero attached hydrogens (tertiary/aromatic N) is 2. The van der Waals surface area contributed by atoms with Crippen molar-refractivity contribution in [3.05, 3.63) is 49.9 Å². The van der Waals surface area contributed by atoms with E-state index in [0.717, 1.165) is 12.5 Å². The Morgan fingerprint density at radius 1 is 1.38 bits per heavy atom. The van der Waals surface area contributed by atoms with E-state index in [1.807, 2.05) is 6.92 Å². The van der Waals surface area contributed by atoms with Gasteiger partial charge in [0.15, 0.2) is 0 Å². The van der Waals surface area contributed by atoms with Crippen LogP contribution in [0.2, 0.25) is 10.0 Å². The van der Waals surface area contributed by atoms with Crippen LogP contribution in [0.5, 0.6) is 0 Å². The Hall–Kier alpha value is -0.620. The summed E-state index contributed by atoms with van der Waals surface area (Å²) in [5, 5.41) is 15.3. The number of hydrogen-bond acceptors (Lipinski definition) is 2. The molecule has 7 heteroatoms. The Morgan fingerprint density at radius 3 is 2.67 bits per heavy atom. The minimum Gasteiger partial charge on any atom is -0.379 e. The third-order valence-electron chi connectivity index (χ3n) is 3.23. The van der Waals surface area contributed by atoms with E-state index >= 15 is 0 Å². The van der Waals surface area contributed by atoms with Crippen molar-refractivity contribution in [3.63, 3.8) is 0 Å². The molecule has 0 aliphatic carbocycles. The van der Waals surface area contributed by atoms with Crippen LogP contribution in [0, 0.1) is 5.82 Å². The van der Waals surface area contributed by atoms with Gasteiger partial charge in [-0.05, 0) is 41.4 Å². The standard InChI is InChI=1S/C14H14BrCl2FN2O/c1-3-4-20-13(9(15)7-19-20)14(2,21)8-5-12(18)11(17)6-10(8)16/h5-7,21H,3-4H2,1-2H3. The maximum absolute atomic E-state index is 13.7. The first-order valence-corrected chi connectivity index (χ1v) is 7.93. The third kappa shape index (κ3) is 3.11. The molecule has 0 radical (unpaired) electrons. The lowest BCUT2D eigenvalue weighted by atomic mass is 9.92. The molecule has 2 aromatic rings. The minimum atomic E-state index is -1.51. The van der Waals surface area contributed by atoms with Crippen molar-refractivity contribution in [2.75, 3.05) is 0 Å². The SMILES string of the molecule is CCCn1ncc(Br)c1C(C)(O)c1cc(F)c(Cl)cc1Cl. The minimum absolute atomic E-state index is 0.0827. The molecule has 2 rings (SSSR count). The Balaban J connectivity index is 2.62. The third-order valence-corrected chi connectivity index (χ3v) is 4.41. The van der Waals surface area contributed by atoms with Gasteiger partial charge in [0, 0.05) is 17.1 Å². The van der Waals surface area contributed by atoms with Crippen LogP contribution in [0.3, 0.4) is 0 Å². The number of aliphatic hydroxyl groups is 1. The van der Waals surface area contributed by atoms with Crippen LogP contribution in [0.1, 0.15) is 31.5 Å². The van der Waals surface area contributed by atoms with E-state index in [0.29, 0.717) is 16.7 Å². The van der Waals surface area contributed by atoms with E-state index in [-0.39, 0.29) is 15.6 Å². The van der Waals surface area contributed by atoms with Gasteiger partial charge in [-0.1, -0.05) is 30.1 Å². The van der Waals surface area contributed by atoms with E-state index in [9.17, 15) is 9.50 Å². The molecular weight excluding hydrogens is 382 g/mol. The average Bonchev–Trinajstić information content (AvgIpc) is 2.76. The monoisotopic (exact) mass is 394 g/mol. The lowest BCUT2D eigenvalue weighted by Crippen LogP contribution is -2.28. The van der Waals surface area contributed by atoms with Crippen LogP contribution in [0.15, 0.2) is 22.8 Å².